The second kappa shape index (κ2) is 7.74. The minimum Gasteiger partial charge on any atom is -0.497 e. The number of nitro benzene ring substituents is 1. The maximum absolute atomic E-state index is 12.3. The van der Waals surface area contributed by atoms with Crippen molar-refractivity contribution >= 4 is 23.2 Å². The topological polar surface area (TPSA) is 113 Å². The number of tetrazole rings is 1. The Morgan fingerprint density at radius 3 is 2.50 bits per heavy atom. The first-order chi connectivity index (χ1) is 12.6. The van der Waals surface area contributed by atoms with Crippen LogP contribution in [0.15, 0.2) is 53.7 Å². The molecule has 0 fully saturated rings. The van der Waals surface area contributed by atoms with Crippen LogP contribution in [0.25, 0.3) is 5.69 Å². The van der Waals surface area contributed by atoms with Crippen LogP contribution in [0.5, 0.6) is 5.75 Å². The maximum atomic E-state index is 12.3. The summed E-state index contributed by atoms with van der Waals surface area (Å²) >= 11 is 1.18. The van der Waals surface area contributed by atoms with Crippen molar-refractivity contribution < 1.29 is 14.5 Å². The van der Waals surface area contributed by atoms with E-state index in [4.69, 9.17) is 4.74 Å². The summed E-state index contributed by atoms with van der Waals surface area (Å²) < 4.78 is 6.64. The van der Waals surface area contributed by atoms with Gasteiger partial charge in [-0.25, -0.2) is 0 Å². The number of Topliss-reactive ketones (excluding diaryl/α,β-unsaturated/α-hetero) is 1. The lowest BCUT2D eigenvalue weighted by Gasteiger charge is -2.05. The van der Waals surface area contributed by atoms with E-state index in [1.165, 1.54) is 40.7 Å². The van der Waals surface area contributed by atoms with Gasteiger partial charge in [-0.15, -0.1) is 5.10 Å². The number of thioether (sulfide) groups is 1. The summed E-state index contributed by atoms with van der Waals surface area (Å²) in [6.45, 7) is 0. The molecular formula is C16H13N5O4S. The second-order valence-electron chi connectivity index (χ2n) is 5.09. The van der Waals surface area contributed by atoms with Crippen molar-refractivity contribution in [1.82, 2.24) is 20.2 Å². The second-order valence-corrected chi connectivity index (χ2v) is 6.03. The van der Waals surface area contributed by atoms with Gasteiger partial charge in [0.15, 0.2) is 5.78 Å². The van der Waals surface area contributed by atoms with Gasteiger partial charge < -0.3 is 4.74 Å². The smallest absolute Gasteiger partial charge is 0.269 e. The molecule has 0 amide bonds. The van der Waals surface area contributed by atoms with E-state index in [1.807, 2.05) is 0 Å². The molecule has 26 heavy (non-hydrogen) atoms. The Morgan fingerprint density at radius 2 is 1.88 bits per heavy atom. The van der Waals surface area contributed by atoms with Crippen LogP contribution in [-0.4, -0.2) is 43.8 Å². The lowest BCUT2D eigenvalue weighted by molar-refractivity contribution is -0.384. The van der Waals surface area contributed by atoms with Crippen LogP contribution >= 0.6 is 11.8 Å². The number of aromatic nitrogens is 4. The molecule has 0 aliphatic carbocycles. The number of carbonyl (C=O) groups excluding carboxylic acids is 1. The largest absolute Gasteiger partial charge is 0.497 e. The molecule has 3 aromatic rings. The Balaban J connectivity index is 1.69. The first kappa shape index (κ1) is 17.5. The summed E-state index contributed by atoms with van der Waals surface area (Å²) in [4.78, 5) is 22.4. The van der Waals surface area contributed by atoms with Gasteiger partial charge in [0.25, 0.3) is 5.69 Å². The minimum absolute atomic E-state index is 0.0577. The summed E-state index contributed by atoms with van der Waals surface area (Å²) in [6, 6.07) is 12.7. The van der Waals surface area contributed by atoms with Gasteiger partial charge in [-0.1, -0.05) is 11.8 Å². The Bertz CT molecular complexity index is 925. The summed E-state index contributed by atoms with van der Waals surface area (Å²) in [5.41, 5.74) is 1.07. The summed E-state index contributed by atoms with van der Waals surface area (Å²) in [5, 5.41) is 22.6. The molecule has 9 nitrogen and oxygen atoms in total. The van der Waals surface area contributed by atoms with Crippen LogP contribution in [0.4, 0.5) is 5.69 Å². The van der Waals surface area contributed by atoms with Crippen LogP contribution in [0.3, 0.4) is 0 Å². The maximum Gasteiger partial charge on any atom is 0.269 e. The Labute approximate surface area is 152 Å². The molecular weight excluding hydrogens is 358 g/mol. The van der Waals surface area contributed by atoms with Crippen molar-refractivity contribution in [3.05, 3.63) is 64.2 Å². The number of rotatable bonds is 7. The number of ketones is 1. The molecule has 2 aromatic carbocycles. The molecule has 0 bridgehead atoms. The molecule has 1 aromatic heterocycles. The van der Waals surface area contributed by atoms with Gasteiger partial charge in [-0.2, -0.15) is 4.68 Å². The third-order valence-corrected chi connectivity index (χ3v) is 4.41. The Morgan fingerprint density at radius 1 is 1.19 bits per heavy atom. The molecule has 3 rings (SSSR count). The fourth-order valence-electron chi connectivity index (χ4n) is 2.14. The predicted molar refractivity (Wildman–Crippen MR) is 93.9 cm³/mol. The summed E-state index contributed by atoms with van der Waals surface area (Å²) in [5.74, 6) is 0.646. The molecule has 10 heteroatoms. The molecule has 0 aliphatic rings. The van der Waals surface area contributed by atoms with Crippen molar-refractivity contribution in [2.24, 2.45) is 0 Å². The molecule has 0 radical (unpaired) electrons. The monoisotopic (exact) mass is 371 g/mol. The van der Waals surface area contributed by atoms with Gasteiger partial charge in [0.1, 0.15) is 5.75 Å². The molecule has 0 N–H and O–H groups in total. The fraction of sp³-hybridized carbons (Fsp3) is 0.125. The molecule has 0 saturated carbocycles. The summed E-state index contributed by atoms with van der Waals surface area (Å²) in [6.07, 6.45) is 0. The van der Waals surface area contributed by atoms with E-state index in [2.05, 4.69) is 15.5 Å². The first-order valence-corrected chi connectivity index (χ1v) is 8.40. The normalized spacial score (nSPS) is 10.5. The average Bonchev–Trinajstić information content (AvgIpc) is 3.14. The zero-order valence-corrected chi connectivity index (χ0v) is 14.4. The van der Waals surface area contributed by atoms with Crippen LogP contribution in [0.1, 0.15) is 10.4 Å². The number of hydrogen-bond donors (Lipinski definition) is 0. The minimum atomic E-state index is -0.508. The predicted octanol–water partition coefficient (Wildman–Crippen LogP) is 2.55. The molecule has 0 atom stereocenters. The molecule has 0 unspecified atom stereocenters. The van der Waals surface area contributed by atoms with Crippen LogP contribution < -0.4 is 4.74 Å². The Kier molecular flexibility index (Phi) is 5.23. The van der Waals surface area contributed by atoms with Crippen LogP contribution in [0, 0.1) is 10.1 Å². The van der Waals surface area contributed by atoms with Crippen LogP contribution in [-0.2, 0) is 0 Å². The number of nitrogens with zero attached hydrogens (tertiary/aromatic N) is 5. The van der Waals surface area contributed by atoms with Gasteiger partial charge in [0.05, 0.1) is 23.5 Å². The Hall–Kier alpha value is -3.27. The standard InChI is InChI=1S/C16H13N5O4S/c1-25-14-8-6-12(7-9-14)20-16(17-18-19-20)26-10-15(22)11-2-4-13(5-3-11)21(23)24/h2-9H,10H2,1H3. The quantitative estimate of drug-likeness (QED) is 0.269. The van der Waals surface area contributed by atoms with Gasteiger partial charge >= 0.3 is 0 Å². The highest BCUT2D eigenvalue weighted by Crippen LogP contribution is 2.21. The molecule has 0 spiro atoms. The highest BCUT2D eigenvalue weighted by atomic mass is 32.2. The fourth-order valence-corrected chi connectivity index (χ4v) is 2.92. The lowest BCUT2D eigenvalue weighted by atomic mass is 10.1. The summed E-state index contributed by atoms with van der Waals surface area (Å²) in [7, 11) is 1.58. The van der Waals surface area contributed by atoms with E-state index in [0.29, 0.717) is 16.5 Å². The first-order valence-electron chi connectivity index (χ1n) is 7.42. The number of nitro groups is 1. The zero-order valence-electron chi connectivity index (χ0n) is 13.6. The van der Waals surface area contributed by atoms with E-state index >= 15 is 0 Å². The molecule has 0 saturated heterocycles. The number of hydrogen-bond acceptors (Lipinski definition) is 8. The highest BCUT2D eigenvalue weighted by molar-refractivity contribution is 7.99. The van der Waals surface area contributed by atoms with E-state index in [9.17, 15) is 14.9 Å². The van der Waals surface area contributed by atoms with E-state index in [0.717, 1.165) is 5.69 Å². The van der Waals surface area contributed by atoms with Gasteiger partial charge in [-0.05, 0) is 46.8 Å². The van der Waals surface area contributed by atoms with Crippen molar-refractivity contribution in [3.63, 3.8) is 0 Å². The SMILES string of the molecule is COc1ccc(-n2nnnc2SCC(=O)c2ccc([N+](=O)[O-])cc2)cc1. The number of ether oxygens (including phenoxy) is 1. The van der Waals surface area contributed by atoms with Crippen LogP contribution in [0.2, 0.25) is 0 Å². The third kappa shape index (κ3) is 3.86. The van der Waals surface area contributed by atoms with Crippen molar-refractivity contribution in [3.8, 4) is 11.4 Å². The lowest BCUT2D eigenvalue weighted by Crippen LogP contribution is -2.05. The number of benzene rings is 2. The van der Waals surface area contributed by atoms with Crippen molar-refractivity contribution in [2.75, 3.05) is 12.9 Å². The van der Waals surface area contributed by atoms with Crippen molar-refractivity contribution in [1.29, 1.82) is 0 Å². The number of non-ortho nitro benzene ring substituents is 1. The van der Waals surface area contributed by atoms with E-state index in [-0.39, 0.29) is 17.2 Å². The molecule has 1 heterocycles. The average molecular weight is 371 g/mol. The molecule has 0 aliphatic heterocycles. The van der Waals surface area contributed by atoms with E-state index in [1.54, 1.807) is 31.4 Å². The van der Waals surface area contributed by atoms with E-state index < -0.39 is 4.92 Å². The zero-order chi connectivity index (χ0) is 18.5. The van der Waals surface area contributed by atoms with Gasteiger partial charge in [-0.3, -0.25) is 14.9 Å². The van der Waals surface area contributed by atoms with Gasteiger partial charge in [0, 0.05) is 17.7 Å². The highest BCUT2D eigenvalue weighted by Gasteiger charge is 2.14. The third-order valence-electron chi connectivity index (χ3n) is 3.49. The van der Waals surface area contributed by atoms with Gasteiger partial charge in [0.2, 0.25) is 5.16 Å². The van der Waals surface area contributed by atoms with Crippen molar-refractivity contribution in [2.45, 2.75) is 5.16 Å². The number of carbonyl (C=O) groups is 1. The molecule has 132 valence electrons. The number of methoxy groups -OCH3 is 1.